The second kappa shape index (κ2) is 4.19. The van der Waals surface area contributed by atoms with Crippen molar-refractivity contribution in [2.24, 2.45) is 0 Å². The van der Waals surface area contributed by atoms with Crippen LogP contribution in [-0.4, -0.2) is 16.3 Å². The number of fused-ring (bicyclic) bond motifs is 1. The number of allylic oxidation sites excluding steroid dienone is 1. The Kier molecular flexibility index (Phi) is 3.01. The van der Waals surface area contributed by atoms with Crippen molar-refractivity contribution in [2.45, 2.75) is 6.18 Å². The summed E-state index contributed by atoms with van der Waals surface area (Å²) >= 11 is 6.77. The maximum Gasteiger partial charge on any atom is 0.448 e. The topological polar surface area (TPSA) is 33.1 Å². The summed E-state index contributed by atoms with van der Waals surface area (Å²) in [7, 11) is 0. The fourth-order valence-electron chi connectivity index (χ4n) is 1.18. The molecule has 0 fully saturated rings. The standard InChI is InChI=1S/C10H5ClF3NOS/c11-5-1-2-7-6(3-5)15-9(17-7)4-8(16)10(12,13)14/h1-4,16H/b8-4-. The summed E-state index contributed by atoms with van der Waals surface area (Å²) in [4.78, 5) is 3.92. The molecule has 1 heterocycles. The first-order valence-electron chi connectivity index (χ1n) is 4.40. The van der Waals surface area contributed by atoms with Crippen molar-refractivity contribution in [3.05, 3.63) is 34.0 Å². The van der Waals surface area contributed by atoms with E-state index in [0.29, 0.717) is 21.3 Å². The van der Waals surface area contributed by atoms with E-state index in [1.54, 1.807) is 18.2 Å². The van der Waals surface area contributed by atoms with Crippen LogP contribution in [0.1, 0.15) is 5.01 Å². The summed E-state index contributed by atoms with van der Waals surface area (Å²) in [5.41, 5.74) is 0.503. The zero-order valence-corrected chi connectivity index (χ0v) is 9.70. The van der Waals surface area contributed by atoms with Gasteiger partial charge in [-0.2, -0.15) is 13.2 Å². The molecule has 0 aliphatic rings. The third-order valence-corrected chi connectivity index (χ3v) is 3.14. The molecule has 2 nitrogen and oxygen atoms in total. The van der Waals surface area contributed by atoms with Crippen LogP contribution in [0.25, 0.3) is 16.3 Å². The van der Waals surface area contributed by atoms with Gasteiger partial charge in [-0.15, -0.1) is 11.3 Å². The minimum absolute atomic E-state index is 0.0806. The zero-order chi connectivity index (χ0) is 12.6. The Morgan fingerprint density at radius 1 is 1.41 bits per heavy atom. The minimum Gasteiger partial charge on any atom is -0.504 e. The first-order chi connectivity index (χ1) is 7.86. The van der Waals surface area contributed by atoms with Crippen LogP contribution in [0.3, 0.4) is 0 Å². The van der Waals surface area contributed by atoms with Crippen molar-refractivity contribution < 1.29 is 18.3 Å². The van der Waals surface area contributed by atoms with Crippen molar-refractivity contribution in [2.75, 3.05) is 0 Å². The Hall–Kier alpha value is -1.27. The second-order valence-electron chi connectivity index (χ2n) is 3.19. The highest BCUT2D eigenvalue weighted by Crippen LogP contribution is 2.29. The number of aromatic nitrogens is 1. The molecule has 0 amide bonds. The smallest absolute Gasteiger partial charge is 0.448 e. The number of nitrogens with zero attached hydrogens (tertiary/aromatic N) is 1. The Labute approximate surface area is 103 Å². The summed E-state index contributed by atoms with van der Waals surface area (Å²) in [5.74, 6) is -1.66. The first kappa shape index (κ1) is 12.2. The van der Waals surface area contributed by atoms with E-state index in [0.717, 1.165) is 11.3 Å². The van der Waals surface area contributed by atoms with E-state index in [9.17, 15) is 13.2 Å². The predicted molar refractivity (Wildman–Crippen MR) is 61.3 cm³/mol. The highest BCUT2D eigenvalue weighted by Gasteiger charge is 2.33. The van der Waals surface area contributed by atoms with Crippen LogP contribution in [0.15, 0.2) is 24.0 Å². The Bertz CT molecular complexity index is 591. The molecular formula is C10H5ClF3NOS. The van der Waals surface area contributed by atoms with E-state index < -0.39 is 11.9 Å². The number of rotatable bonds is 1. The molecular weight excluding hydrogens is 275 g/mol. The molecule has 2 aromatic rings. The Balaban J connectivity index is 2.44. The third kappa shape index (κ3) is 2.70. The summed E-state index contributed by atoms with van der Waals surface area (Å²) in [5, 5.41) is 9.33. The van der Waals surface area contributed by atoms with Crippen LogP contribution in [0, 0.1) is 0 Å². The van der Waals surface area contributed by atoms with Gasteiger partial charge >= 0.3 is 6.18 Å². The largest absolute Gasteiger partial charge is 0.504 e. The molecule has 0 unspecified atom stereocenters. The lowest BCUT2D eigenvalue weighted by molar-refractivity contribution is -0.119. The van der Waals surface area contributed by atoms with E-state index in [1.165, 1.54) is 0 Å². The molecule has 2 rings (SSSR count). The highest BCUT2D eigenvalue weighted by molar-refractivity contribution is 7.19. The van der Waals surface area contributed by atoms with Gasteiger partial charge in [-0.05, 0) is 18.2 Å². The predicted octanol–water partition coefficient (Wildman–Crippen LogP) is 4.41. The van der Waals surface area contributed by atoms with Crippen molar-refractivity contribution in [3.8, 4) is 0 Å². The number of aliphatic hydroxyl groups is 1. The second-order valence-corrected chi connectivity index (χ2v) is 4.69. The molecule has 1 aromatic carbocycles. The van der Waals surface area contributed by atoms with Crippen LogP contribution in [0.2, 0.25) is 5.02 Å². The van der Waals surface area contributed by atoms with E-state index in [1.807, 2.05) is 0 Å². The average molecular weight is 280 g/mol. The lowest BCUT2D eigenvalue weighted by atomic mass is 10.3. The van der Waals surface area contributed by atoms with Gasteiger partial charge in [0.05, 0.1) is 10.2 Å². The molecule has 0 bridgehead atoms. The number of benzene rings is 1. The highest BCUT2D eigenvalue weighted by atomic mass is 35.5. The van der Waals surface area contributed by atoms with E-state index in [-0.39, 0.29) is 5.01 Å². The zero-order valence-electron chi connectivity index (χ0n) is 8.12. The minimum atomic E-state index is -4.75. The van der Waals surface area contributed by atoms with Gasteiger partial charge in [0.1, 0.15) is 5.01 Å². The van der Waals surface area contributed by atoms with Crippen LogP contribution in [0.5, 0.6) is 0 Å². The molecule has 1 aromatic heterocycles. The number of halogens is 4. The summed E-state index contributed by atoms with van der Waals surface area (Å²) in [6.07, 6.45) is -4.16. The number of alkyl halides is 3. The molecule has 0 aliphatic heterocycles. The van der Waals surface area contributed by atoms with Crippen LogP contribution in [0.4, 0.5) is 13.2 Å². The third-order valence-electron chi connectivity index (χ3n) is 1.92. The normalized spacial score (nSPS) is 13.3. The van der Waals surface area contributed by atoms with Gasteiger partial charge in [0.25, 0.3) is 0 Å². The van der Waals surface area contributed by atoms with Gasteiger partial charge in [-0.3, -0.25) is 0 Å². The SMILES string of the molecule is O/C(=C\c1nc2cc(Cl)ccc2s1)C(F)(F)F. The molecule has 0 saturated heterocycles. The molecule has 1 N–H and O–H groups in total. The fraction of sp³-hybridized carbons (Fsp3) is 0.100. The van der Waals surface area contributed by atoms with Crippen molar-refractivity contribution in [3.63, 3.8) is 0 Å². The maximum atomic E-state index is 12.1. The quantitative estimate of drug-likeness (QED) is 0.784. The lowest BCUT2D eigenvalue weighted by Gasteiger charge is -2.02. The molecule has 17 heavy (non-hydrogen) atoms. The molecule has 90 valence electrons. The summed E-state index contributed by atoms with van der Waals surface area (Å²) < 4.78 is 37.0. The van der Waals surface area contributed by atoms with Gasteiger partial charge in [0, 0.05) is 11.1 Å². The van der Waals surface area contributed by atoms with Gasteiger partial charge in [0.2, 0.25) is 5.76 Å². The van der Waals surface area contributed by atoms with Gasteiger partial charge in [-0.1, -0.05) is 11.6 Å². The summed E-state index contributed by atoms with van der Waals surface area (Å²) in [6, 6.07) is 4.84. The molecule has 0 aliphatic carbocycles. The van der Waals surface area contributed by atoms with Crippen molar-refractivity contribution in [1.29, 1.82) is 0 Å². The Morgan fingerprint density at radius 2 is 2.12 bits per heavy atom. The molecule has 0 radical (unpaired) electrons. The molecule has 0 atom stereocenters. The van der Waals surface area contributed by atoms with Gasteiger partial charge in [0.15, 0.2) is 0 Å². The van der Waals surface area contributed by atoms with Crippen LogP contribution >= 0.6 is 22.9 Å². The van der Waals surface area contributed by atoms with E-state index in [2.05, 4.69) is 4.98 Å². The maximum absolute atomic E-state index is 12.1. The lowest BCUT2D eigenvalue weighted by Crippen LogP contribution is -2.10. The number of aliphatic hydroxyl groups excluding tert-OH is 1. The van der Waals surface area contributed by atoms with Gasteiger partial charge < -0.3 is 5.11 Å². The van der Waals surface area contributed by atoms with E-state index >= 15 is 0 Å². The number of hydrogen-bond acceptors (Lipinski definition) is 3. The van der Waals surface area contributed by atoms with Crippen molar-refractivity contribution >= 4 is 39.2 Å². The van der Waals surface area contributed by atoms with Crippen molar-refractivity contribution in [1.82, 2.24) is 4.98 Å². The monoisotopic (exact) mass is 279 g/mol. The fourth-order valence-corrected chi connectivity index (χ4v) is 2.23. The molecule has 7 heteroatoms. The Morgan fingerprint density at radius 3 is 2.76 bits per heavy atom. The molecule has 0 saturated carbocycles. The number of thiazole rings is 1. The van der Waals surface area contributed by atoms with Crippen LogP contribution in [-0.2, 0) is 0 Å². The van der Waals surface area contributed by atoms with Crippen LogP contribution < -0.4 is 0 Å². The number of hydrogen-bond donors (Lipinski definition) is 1. The summed E-state index contributed by atoms with van der Waals surface area (Å²) in [6.45, 7) is 0. The molecule has 0 spiro atoms. The first-order valence-corrected chi connectivity index (χ1v) is 5.59. The average Bonchev–Trinajstić information content (AvgIpc) is 2.57. The van der Waals surface area contributed by atoms with Gasteiger partial charge in [-0.25, -0.2) is 4.98 Å². The van der Waals surface area contributed by atoms with E-state index in [4.69, 9.17) is 16.7 Å².